The van der Waals surface area contributed by atoms with Gasteiger partial charge in [-0.1, -0.05) is 44.0 Å². The van der Waals surface area contributed by atoms with E-state index in [4.69, 9.17) is 11.5 Å². The topological polar surface area (TPSA) is 131 Å². The van der Waals surface area contributed by atoms with Gasteiger partial charge in [0.05, 0.1) is 5.69 Å². The average molecular weight is 510 g/mol. The van der Waals surface area contributed by atoms with Gasteiger partial charge < -0.3 is 16.8 Å². The molecule has 0 unspecified atom stereocenters. The number of hydrogen-bond acceptors (Lipinski definition) is 6. The Morgan fingerprint density at radius 2 is 1.75 bits per heavy atom. The molecule has 36 heavy (non-hydrogen) atoms. The highest BCUT2D eigenvalue weighted by Gasteiger charge is 2.37. The number of nitrogens with one attached hydrogen (secondary N) is 1. The van der Waals surface area contributed by atoms with Crippen molar-refractivity contribution in [1.82, 2.24) is 9.69 Å². The number of halogens is 1. The summed E-state index contributed by atoms with van der Waals surface area (Å²) >= 11 is 0.744. The fourth-order valence-corrected chi connectivity index (χ4v) is 5.17. The molecule has 1 fully saturated rings. The zero-order valence-corrected chi connectivity index (χ0v) is 20.7. The van der Waals surface area contributed by atoms with Crippen molar-refractivity contribution < 1.29 is 18.8 Å². The van der Waals surface area contributed by atoms with Crippen LogP contribution < -0.4 is 21.7 Å². The minimum atomic E-state index is -1.12. The number of amides is 3. The lowest BCUT2D eigenvalue weighted by molar-refractivity contribution is -0.123. The number of benzene rings is 2. The highest BCUT2D eigenvalue weighted by atomic mass is 32.1. The van der Waals surface area contributed by atoms with E-state index in [2.05, 4.69) is 9.69 Å². The predicted molar refractivity (Wildman–Crippen MR) is 137 cm³/mol. The molecule has 0 spiro atoms. The van der Waals surface area contributed by atoms with Gasteiger partial charge in [0.1, 0.15) is 16.7 Å². The van der Waals surface area contributed by atoms with Crippen LogP contribution >= 0.6 is 11.5 Å². The van der Waals surface area contributed by atoms with E-state index in [1.54, 1.807) is 12.1 Å². The first-order chi connectivity index (χ1) is 17.3. The Bertz CT molecular complexity index is 1250. The van der Waals surface area contributed by atoms with Gasteiger partial charge in [-0.05, 0) is 66.2 Å². The maximum absolute atomic E-state index is 14.0. The van der Waals surface area contributed by atoms with E-state index < -0.39 is 23.7 Å². The molecule has 0 radical (unpaired) electrons. The Labute approximate surface area is 212 Å². The lowest BCUT2D eigenvalue weighted by atomic mass is 10.0. The van der Waals surface area contributed by atoms with E-state index in [0.717, 1.165) is 49.2 Å². The fraction of sp³-hybridized carbons (Fsp3) is 0.308. The first-order valence-electron chi connectivity index (χ1n) is 11.8. The Kier molecular flexibility index (Phi) is 7.64. The number of carbonyl (C=O) groups is 3. The van der Waals surface area contributed by atoms with Gasteiger partial charge in [0.2, 0.25) is 5.91 Å². The van der Waals surface area contributed by atoms with Gasteiger partial charge in [-0.25, -0.2) is 4.39 Å². The minimum absolute atomic E-state index is 0.00481. The largest absolute Gasteiger partial charge is 0.395 e. The molecule has 188 valence electrons. The number of rotatable bonds is 8. The van der Waals surface area contributed by atoms with Crippen LogP contribution in [-0.4, -0.2) is 28.1 Å². The average Bonchev–Trinajstić information content (AvgIpc) is 3.52. The summed E-state index contributed by atoms with van der Waals surface area (Å²) in [6.07, 6.45) is 4.53. The van der Waals surface area contributed by atoms with E-state index in [0.29, 0.717) is 11.3 Å². The number of nitrogen functional groups attached to an aromatic ring is 1. The summed E-state index contributed by atoms with van der Waals surface area (Å²) in [5.74, 6) is -2.32. The van der Waals surface area contributed by atoms with E-state index in [-0.39, 0.29) is 28.2 Å². The molecule has 1 heterocycles. The van der Waals surface area contributed by atoms with Crippen LogP contribution in [0, 0.1) is 5.82 Å². The van der Waals surface area contributed by atoms with Gasteiger partial charge in [-0.15, -0.1) is 0 Å². The van der Waals surface area contributed by atoms with Crippen LogP contribution in [-0.2, 0) is 11.2 Å². The molecule has 3 aromatic rings. The van der Waals surface area contributed by atoms with Crippen molar-refractivity contribution in [2.75, 3.05) is 10.6 Å². The number of primary amides is 1. The van der Waals surface area contributed by atoms with Crippen molar-refractivity contribution in [3.05, 3.63) is 76.0 Å². The number of anilines is 2. The Balaban J connectivity index is 1.84. The molecule has 2 aromatic carbocycles. The summed E-state index contributed by atoms with van der Waals surface area (Å²) in [5.41, 5.74) is 13.0. The second kappa shape index (κ2) is 10.9. The SMILES string of the molecule is CCc1ccc(N(C(=O)c2snc(C(N)=O)c2N)[C@H](C(=O)NC2CCCC2)c2ccc(F)cc2)cc1. The molecule has 1 aliphatic rings. The smallest absolute Gasteiger partial charge is 0.273 e. The zero-order chi connectivity index (χ0) is 25.8. The normalized spacial score (nSPS) is 14.4. The molecule has 1 aliphatic carbocycles. The standard InChI is InChI=1S/C26H28FN5O3S/c1-2-15-7-13-19(14-8-15)32(26(35)23-20(28)21(24(29)33)31-36-23)22(16-9-11-17(27)12-10-16)25(34)30-18-5-3-4-6-18/h7-14,18,22H,2-6,28H2,1H3,(H2,29,33)(H,30,34)/t22-/m0/s1. The lowest BCUT2D eigenvalue weighted by Gasteiger charge is -2.32. The maximum atomic E-state index is 14.0. The molecule has 10 heteroatoms. The van der Waals surface area contributed by atoms with Crippen LogP contribution in [0.1, 0.15) is 69.9 Å². The fourth-order valence-electron chi connectivity index (χ4n) is 4.43. The Morgan fingerprint density at radius 3 is 2.31 bits per heavy atom. The molecule has 0 bridgehead atoms. The first kappa shape index (κ1) is 25.3. The summed E-state index contributed by atoms with van der Waals surface area (Å²) in [5, 5.41) is 3.07. The monoisotopic (exact) mass is 509 g/mol. The summed E-state index contributed by atoms with van der Waals surface area (Å²) in [7, 11) is 0. The first-order valence-corrected chi connectivity index (χ1v) is 12.6. The highest BCUT2D eigenvalue weighted by Crippen LogP contribution is 2.34. The summed E-state index contributed by atoms with van der Waals surface area (Å²) in [6, 6.07) is 11.6. The second-order valence-corrected chi connectivity index (χ2v) is 9.55. The molecular formula is C26H28FN5O3S. The van der Waals surface area contributed by atoms with Crippen molar-refractivity contribution in [2.45, 2.75) is 51.1 Å². The van der Waals surface area contributed by atoms with Gasteiger partial charge in [0.15, 0.2) is 5.69 Å². The molecule has 3 amide bonds. The Morgan fingerprint density at radius 1 is 1.11 bits per heavy atom. The number of aromatic nitrogens is 1. The van der Waals surface area contributed by atoms with Gasteiger partial charge in [0.25, 0.3) is 11.8 Å². The van der Waals surface area contributed by atoms with Crippen LogP contribution in [0.4, 0.5) is 15.8 Å². The van der Waals surface area contributed by atoms with Gasteiger partial charge >= 0.3 is 0 Å². The predicted octanol–water partition coefficient (Wildman–Crippen LogP) is 3.97. The molecule has 5 N–H and O–H groups in total. The number of aryl methyl sites for hydroxylation is 1. The molecule has 1 atom stereocenters. The molecule has 0 aliphatic heterocycles. The van der Waals surface area contributed by atoms with Crippen LogP contribution in [0.3, 0.4) is 0 Å². The molecule has 1 aromatic heterocycles. The van der Waals surface area contributed by atoms with Crippen molar-refractivity contribution in [1.29, 1.82) is 0 Å². The quantitative estimate of drug-likeness (QED) is 0.423. The van der Waals surface area contributed by atoms with Crippen LogP contribution in [0.2, 0.25) is 0 Å². The number of nitrogens with zero attached hydrogens (tertiary/aromatic N) is 2. The van der Waals surface area contributed by atoms with E-state index in [1.165, 1.54) is 29.2 Å². The molecule has 1 saturated carbocycles. The second-order valence-electron chi connectivity index (χ2n) is 8.78. The third-order valence-corrected chi connectivity index (χ3v) is 7.24. The molecule has 0 saturated heterocycles. The number of hydrogen-bond donors (Lipinski definition) is 3. The number of carbonyl (C=O) groups excluding carboxylic acids is 3. The van der Waals surface area contributed by atoms with Crippen LogP contribution in [0.15, 0.2) is 48.5 Å². The van der Waals surface area contributed by atoms with E-state index in [1.807, 2.05) is 19.1 Å². The van der Waals surface area contributed by atoms with E-state index in [9.17, 15) is 18.8 Å². The van der Waals surface area contributed by atoms with Gasteiger partial charge in [-0.2, -0.15) is 4.37 Å². The Hall–Kier alpha value is -3.79. The van der Waals surface area contributed by atoms with Crippen LogP contribution in [0.5, 0.6) is 0 Å². The third kappa shape index (κ3) is 5.23. The molecular weight excluding hydrogens is 481 g/mol. The van der Waals surface area contributed by atoms with Gasteiger partial charge in [-0.3, -0.25) is 19.3 Å². The van der Waals surface area contributed by atoms with Crippen molar-refractivity contribution in [2.24, 2.45) is 5.73 Å². The molecule has 4 rings (SSSR count). The lowest BCUT2D eigenvalue weighted by Crippen LogP contribution is -2.46. The summed E-state index contributed by atoms with van der Waals surface area (Å²) < 4.78 is 17.7. The minimum Gasteiger partial charge on any atom is -0.395 e. The van der Waals surface area contributed by atoms with Crippen molar-refractivity contribution >= 4 is 40.6 Å². The van der Waals surface area contributed by atoms with Crippen molar-refractivity contribution in [3.63, 3.8) is 0 Å². The summed E-state index contributed by atoms with van der Waals surface area (Å²) in [4.78, 5) is 40.8. The number of nitrogens with two attached hydrogens (primary N) is 2. The van der Waals surface area contributed by atoms with E-state index >= 15 is 0 Å². The third-order valence-electron chi connectivity index (χ3n) is 6.39. The zero-order valence-electron chi connectivity index (χ0n) is 19.9. The highest BCUT2D eigenvalue weighted by molar-refractivity contribution is 7.09. The van der Waals surface area contributed by atoms with Crippen molar-refractivity contribution in [3.8, 4) is 0 Å². The molecule has 8 nitrogen and oxygen atoms in total. The van der Waals surface area contributed by atoms with Crippen LogP contribution in [0.25, 0.3) is 0 Å². The van der Waals surface area contributed by atoms with Gasteiger partial charge in [0, 0.05) is 11.7 Å². The summed E-state index contributed by atoms with van der Waals surface area (Å²) in [6.45, 7) is 2.01. The maximum Gasteiger partial charge on any atom is 0.273 e.